The van der Waals surface area contributed by atoms with Gasteiger partial charge in [-0.2, -0.15) is 0 Å². The molecule has 12 heteroatoms. The number of non-ortho nitro benzene ring substituents is 1. The fourth-order valence-corrected chi connectivity index (χ4v) is 9.11. The fourth-order valence-electron chi connectivity index (χ4n) is 6.14. The van der Waals surface area contributed by atoms with E-state index in [0.717, 1.165) is 12.0 Å². The van der Waals surface area contributed by atoms with Crippen LogP contribution in [0, 0.1) is 26.9 Å². The second-order valence-electron chi connectivity index (χ2n) is 11.0. The molecular weight excluding hydrogens is 538 g/mol. The van der Waals surface area contributed by atoms with Crippen LogP contribution in [0.15, 0.2) is 59.8 Å². The van der Waals surface area contributed by atoms with Crippen molar-refractivity contribution in [1.82, 2.24) is 19.5 Å². The van der Waals surface area contributed by atoms with Crippen LogP contribution in [0.3, 0.4) is 0 Å². The number of carbonyl (C=O) groups is 1. The standard InChI is InChI=1S/C27H31N5O5S2/c1-18(30-39(36,37)17-27-14-13-20(15-23(27)33)26(27,2)3)24-28-29-25(38-16-19-7-5-4-6-8-19)31(24)21-9-11-22(12-10-21)32(34)35/h4-12,18,20,30H,13-17H2,1-3H3. The lowest BCUT2D eigenvalue weighted by atomic mass is 9.70. The minimum atomic E-state index is -3.87. The van der Waals surface area contributed by atoms with Crippen LogP contribution in [0.4, 0.5) is 5.69 Å². The van der Waals surface area contributed by atoms with Gasteiger partial charge in [-0.3, -0.25) is 19.5 Å². The molecule has 3 aromatic rings. The topological polar surface area (TPSA) is 137 Å². The quantitative estimate of drug-likeness (QED) is 0.208. The van der Waals surface area contributed by atoms with E-state index in [1.165, 1.54) is 23.9 Å². The van der Waals surface area contributed by atoms with Crippen molar-refractivity contribution in [3.63, 3.8) is 0 Å². The first-order chi connectivity index (χ1) is 18.4. The van der Waals surface area contributed by atoms with Crippen molar-refractivity contribution in [1.29, 1.82) is 0 Å². The molecule has 2 aliphatic carbocycles. The number of ketones is 1. The molecule has 1 N–H and O–H groups in total. The second kappa shape index (κ2) is 10.1. The van der Waals surface area contributed by atoms with Gasteiger partial charge in [0.1, 0.15) is 5.78 Å². The van der Waals surface area contributed by atoms with Gasteiger partial charge in [0.2, 0.25) is 10.0 Å². The predicted molar refractivity (Wildman–Crippen MR) is 148 cm³/mol. The van der Waals surface area contributed by atoms with Gasteiger partial charge in [0.15, 0.2) is 11.0 Å². The van der Waals surface area contributed by atoms with Crippen molar-refractivity contribution in [2.24, 2.45) is 16.7 Å². The lowest BCUT2D eigenvalue weighted by Crippen LogP contribution is -2.45. The zero-order chi connectivity index (χ0) is 28.0. The maximum atomic E-state index is 13.5. The Labute approximate surface area is 231 Å². The van der Waals surface area contributed by atoms with Gasteiger partial charge < -0.3 is 0 Å². The van der Waals surface area contributed by atoms with Gasteiger partial charge >= 0.3 is 0 Å². The monoisotopic (exact) mass is 569 g/mol. The van der Waals surface area contributed by atoms with Crippen molar-refractivity contribution >= 4 is 33.3 Å². The highest BCUT2D eigenvalue weighted by Crippen LogP contribution is 2.64. The maximum absolute atomic E-state index is 13.5. The summed E-state index contributed by atoms with van der Waals surface area (Å²) < 4.78 is 31.4. The average molecular weight is 570 g/mol. The van der Waals surface area contributed by atoms with Crippen molar-refractivity contribution < 1.29 is 18.1 Å². The highest BCUT2D eigenvalue weighted by atomic mass is 32.2. The molecule has 39 heavy (non-hydrogen) atoms. The molecule has 0 spiro atoms. The summed E-state index contributed by atoms with van der Waals surface area (Å²) in [4.78, 5) is 23.7. The second-order valence-corrected chi connectivity index (χ2v) is 13.7. The summed E-state index contributed by atoms with van der Waals surface area (Å²) in [6.45, 7) is 5.71. The third-order valence-electron chi connectivity index (χ3n) is 8.51. The molecule has 0 saturated heterocycles. The third kappa shape index (κ3) is 5.01. The predicted octanol–water partition coefficient (Wildman–Crippen LogP) is 4.84. The molecule has 2 aliphatic rings. The minimum absolute atomic E-state index is 0.0374. The normalized spacial score (nSPS) is 22.7. The number of thioether (sulfide) groups is 1. The van der Waals surface area contributed by atoms with Crippen LogP contribution < -0.4 is 4.72 Å². The molecule has 1 heterocycles. The van der Waals surface area contributed by atoms with E-state index in [0.29, 0.717) is 35.3 Å². The Hall–Kier alpha value is -3.09. The number of fused-ring (bicyclic) bond motifs is 2. The first kappa shape index (κ1) is 27.5. The molecule has 2 bridgehead atoms. The molecule has 1 aromatic heterocycles. The summed E-state index contributed by atoms with van der Waals surface area (Å²) >= 11 is 1.43. The Kier molecular flexibility index (Phi) is 7.15. The smallest absolute Gasteiger partial charge is 0.269 e. The lowest BCUT2D eigenvalue weighted by Gasteiger charge is -2.36. The Balaban J connectivity index is 1.44. The number of aromatic nitrogens is 3. The largest absolute Gasteiger partial charge is 0.299 e. The fraction of sp³-hybridized carbons (Fsp3) is 0.444. The average Bonchev–Trinajstić information content (AvgIpc) is 3.47. The number of nitro benzene ring substituents is 1. The van der Waals surface area contributed by atoms with E-state index in [1.54, 1.807) is 23.6 Å². The Bertz CT molecular complexity index is 1510. The molecular formula is C27H31N5O5S2. The molecule has 206 valence electrons. The summed E-state index contributed by atoms with van der Waals surface area (Å²) in [5.41, 5.74) is 0.341. The summed E-state index contributed by atoms with van der Waals surface area (Å²) in [6, 6.07) is 15.0. The Morgan fingerprint density at radius 3 is 2.44 bits per heavy atom. The third-order valence-corrected chi connectivity index (χ3v) is 11.1. The zero-order valence-electron chi connectivity index (χ0n) is 22.0. The minimum Gasteiger partial charge on any atom is -0.299 e. The van der Waals surface area contributed by atoms with E-state index >= 15 is 0 Å². The molecule has 3 unspecified atom stereocenters. The van der Waals surface area contributed by atoms with Gasteiger partial charge in [0.25, 0.3) is 5.69 Å². The van der Waals surface area contributed by atoms with E-state index in [9.17, 15) is 23.3 Å². The van der Waals surface area contributed by atoms with Crippen molar-refractivity contribution in [3.8, 4) is 5.69 Å². The van der Waals surface area contributed by atoms with Crippen LogP contribution in [0.2, 0.25) is 0 Å². The molecule has 0 radical (unpaired) electrons. The lowest BCUT2D eigenvalue weighted by molar-refractivity contribution is -0.384. The zero-order valence-corrected chi connectivity index (χ0v) is 23.7. The van der Waals surface area contributed by atoms with E-state index in [1.807, 2.05) is 44.2 Å². The van der Waals surface area contributed by atoms with Crippen molar-refractivity contribution in [3.05, 3.63) is 76.1 Å². The van der Waals surface area contributed by atoms with E-state index in [4.69, 9.17) is 0 Å². The molecule has 5 rings (SSSR count). The van der Waals surface area contributed by atoms with Crippen LogP contribution in [0.1, 0.15) is 57.5 Å². The van der Waals surface area contributed by atoms with Crippen LogP contribution in [0.25, 0.3) is 5.69 Å². The molecule has 2 saturated carbocycles. The Morgan fingerprint density at radius 2 is 1.85 bits per heavy atom. The molecule has 10 nitrogen and oxygen atoms in total. The summed E-state index contributed by atoms with van der Waals surface area (Å²) in [6.07, 6.45) is 1.88. The van der Waals surface area contributed by atoms with Crippen molar-refractivity contribution in [2.75, 3.05) is 5.75 Å². The molecule has 2 fully saturated rings. The molecule has 3 atom stereocenters. The van der Waals surface area contributed by atoms with Crippen LogP contribution in [-0.4, -0.2) is 39.6 Å². The highest BCUT2D eigenvalue weighted by molar-refractivity contribution is 7.98. The van der Waals surface area contributed by atoms with Crippen LogP contribution in [-0.2, 0) is 20.6 Å². The van der Waals surface area contributed by atoms with Gasteiger partial charge in [0.05, 0.1) is 16.7 Å². The van der Waals surface area contributed by atoms with Gasteiger partial charge in [-0.1, -0.05) is 55.9 Å². The number of carbonyl (C=O) groups excluding carboxylic acids is 1. The first-order valence-corrected chi connectivity index (χ1v) is 15.5. The van der Waals surface area contributed by atoms with E-state index in [2.05, 4.69) is 14.9 Å². The first-order valence-electron chi connectivity index (χ1n) is 12.8. The number of benzene rings is 2. The molecule has 0 amide bonds. The summed E-state index contributed by atoms with van der Waals surface area (Å²) in [5, 5.41) is 20.4. The number of hydrogen-bond donors (Lipinski definition) is 1. The van der Waals surface area contributed by atoms with Gasteiger partial charge in [-0.25, -0.2) is 13.1 Å². The maximum Gasteiger partial charge on any atom is 0.269 e. The number of nitrogens with one attached hydrogen (secondary N) is 1. The van der Waals surface area contributed by atoms with Gasteiger partial charge in [0, 0.05) is 35.4 Å². The van der Waals surface area contributed by atoms with Crippen LogP contribution in [0.5, 0.6) is 0 Å². The van der Waals surface area contributed by atoms with Crippen LogP contribution >= 0.6 is 11.8 Å². The van der Waals surface area contributed by atoms with Gasteiger partial charge in [-0.05, 0) is 48.8 Å². The molecule has 0 aliphatic heterocycles. The molecule has 2 aromatic carbocycles. The number of hydrogen-bond acceptors (Lipinski definition) is 8. The van der Waals surface area contributed by atoms with E-state index in [-0.39, 0.29) is 28.6 Å². The highest BCUT2D eigenvalue weighted by Gasteiger charge is 2.65. The number of nitrogens with zero attached hydrogens (tertiary/aromatic N) is 4. The number of Topliss-reactive ketones (excluding diaryl/α,β-unsaturated/α-hetero) is 1. The van der Waals surface area contributed by atoms with Crippen molar-refractivity contribution in [2.45, 2.75) is 57.0 Å². The number of nitro groups is 1. The summed E-state index contributed by atoms with van der Waals surface area (Å²) in [7, 11) is -3.87. The van der Waals surface area contributed by atoms with Gasteiger partial charge in [-0.15, -0.1) is 10.2 Å². The SMILES string of the molecule is CC(NS(=O)(=O)CC12CCC(CC1=O)C2(C)C)c1nnc(SCc2ccccc2)n1-c1ccc([N+](=O)[O-])cc1. The van der Waals surface area contributed by atoms with E-state index < -0.39 is 26.4 Å². The number of sulfonamides is 1. The Morgan fingerprint density at radius 1 is 1.15 bits per heavy atom. The summed E-state index contributed by atoms with van der Waals surface area (Å²) in [5.74, 6) is 0.949. The number of rotatable bonds is 10.